The van der Waals surface area contributed by atoms with E-state index in [-0.39, 0.29) is 12.7 Å². The summed E-state index contributed by atoms with van der Waals surface area (Å²) in [5.74, 6) is 0.616. The maximum Gasteiger partial charge on any atom is 0.248 e. The molecular weight excluding hydrogens is 273 g/mol. The summed E-state index contributed by atoms with van der Waals surface area (Å²) in [6.07, 6.45) is 3.03. The molecule has 0 fully saturated rings. The van der Waals surface area contributed by atoms with Crippen LogP contribution in [0.3, 0.4) is 0 Å². The standard InChI is InChI=1S/C16H12FNO3/c17-12-2-1-3-13(9-12)18-16(19)7-5-11-4-6-14-15(8-11)21-10-20-14/h1-9H,10H2,(H,18,19). The molecule has 1 N–H and O–H groups in total. The average molecular weight is 285 g/mol. The van der Waals surface area contributed by atoms with Crippen LogP contribution in [0.25, 0.3) is 6.08 Å². The van der Waals surface area contributed by atoms with Crippen molar-refractivity contribution < 1.29 is 18.7 Å². The third-order valence-corrected chi connectivity index (χ3v) is 2.92. The molecule has 0 atom stereocenters. The lowest BCUT2D eigenvalue weighted by Gasteiger charge is -2.02. The first-order valence-electron chi connectivity index (χ1n) is 6.35. The summed E-state index contributed by atoms with van der Waals surface area (Å²) in [6, 6.07) is 11.1. The van der Waals surface area contributed by atoms with E-state index in [9.17, 15) is 9.18 Å². The second kappa shape index (κ2) is 5.66. The van der Waals surface area contributed by atoms with E-state index in [1.165, 1.54) is 24.3 Å². The summed E-state index contributed by atoms with van der Waals surface area (Å²) in [7, 11) is 0. The second-order valence-corrected chi connectivity index (χ2v) is 4.45. The minimum Gasteiger partial charge on any atom is -0.454 e. The van der Waals surface area contributed by atoms with Crippen LogP contribution < -0.4 is 14.8 Å². The molecule has 21 heavy (non-hydrogen) atoms. The molecule has 5 heteroatoms. The Balaban J connectivity index is 1.67. The molecule has 0 aliphatic carbocycles. The molecule has 0 aromatic heterocycles. The number of anilines is 1. The van der Waals surface area contributed by atoms with E-state index in [1.54, 1.807) is 24.3 Å². The molecule has 106 valence electrons. The summed E-state index contributed by atoms with van der Waals surface area (Å²) in [5.41, 5.74) is 1.23. The molecule has 1 heterocycles. The van der Waals surface area contributed by atoms with Crippen molar-refractivity contribution in [3.8, 4) is 11.5 Å². The van der Waals surface area contributed by atoms with Crippen LogP contribution in [0.1, 0.15) is 5.56 Å². The molecule has 0 saturated heterocycles. The Labute approximate surface area is 120 Å². The molecular formula is C16H12FNO3. The summed E-state index contributed by atoms with van der Waals surface area (Å²) >= 11 is 0. The zero-order valence-corrected chi connectivity index (χ0v) is 11.0. The van der Waals surface area contributed by atoms with Crippen LogP contribution >= 0.6 is 0 Å². The quantitative estimate of drug-likeness (QED) is 0.881. The highest BCUT2D eigenvalue weighted by Crippen LogP contribution is 2.32. The van der Waals surface area contributed by atoms with Gasteiger partial charge in [-0.2, -0.15) is 0 Å². The number of hydrogen-bond donors (Lipinski definition) is 1. The Bertz CT molecular complexity index is 712. The maximum absolute atomic E-state index is 13.0. The molecule has 3 rings (SSSR count). The van der Waals surface area contributed by atoms with E-state index >= 15 is 0 Å². The number of amides is 1. The van der Waals surface area contributed by atoms with Gasteiger partial charge in [0, 0.05) is 11.8 Å². The van der Waals surface area contributed by atoms with Gasteiger partial charge in [-0.15, -0.1) is 0 Å². The molecule has 2 aromatic rings. The van der Waals surface area contributed by atoms with E-state index in [2.05, 4.69) is 5.32 Å². The second-order valence-electron chi connectivity index (χ2n) is 4.45. The molecule has 0 radical (unpaired) electrons. The van der Waals surface area contributed by atoms with Crippen molar-refractivity contribution in [1.29, 1.82) is 0 Å². The van der Waals surface area contributed by atoms with Gasteiger partial charge in [-0.3, -0.25) is 4.79 Å². The SMILES string of the molecule is O=C(C=Cc1ccc2c(c1)OCO2)Nc1cccc(F)c1. The maximum atomic E-state index is 13.0. The monoisotopic (exact) mass is 285 g/mol. The Kier molecular flexibility index (Phi) is 3.55. The van der Waals surface area contributed by atoms with Gasteiger partial charge in [-0.05, 0) is 42.0 Å². The molecule has 0 spiro atoms. The van der Waals surface area contributed by atoms with Gasteiger partial charge in [0.15, 0.2) is 11.5 Å². The third kappa shape index (κ3) is 3.20. The fourth-order valence-corrected chi connectivity index (χ4v) is 1.94. The molecule has 0 saturated carbocycles. The highest BCUT2D eigenvalue weighted by atomic mass is 19.1. The van der Waals surface area contributed by atoms with E-state index in [1.807, 2.05) is 6.07 Å². The average Bonchev–Trinajstić information content (AvgIpc) is 2.92. The van der Waals surface area contributed by atoms with Gasteiger partial charge in [0.05, 0.1) is 0 Å². The van der Waals surface area contributed by atoms with Gasteiger partial charge in [0.25, 0.3) is 0 Å². The minimum absolute atomic E-state index is 0.211. The Morgan fingerprint density at radius 2 is 2.00 bits per heavy atom. The lowest BCUT2D eigenvalue weighted by Crippen LogP contribution is -2.07. The van der Waals surface area contributed by atoms with Gasteiger partial charge in [0.1, 0.15) is 5.82 Å². The third-order valence-electron chi connectivity index (χ3n) is 2.92. The fraction of sp³-hybridized carbons (Fsp3) is 0.0625. The molecule has 1 aliphatic rings. The summed E-state index contributed by atoms with van der Waals surface area (Å²) in [5, 5.41) is 2.58. The van der Waals surface area contributed by atoms with E-state index in [4.69, 9.17) is 9.47 Å². The molecule has 4 nitrogen and oxygen atoms in total. The van der Waals surface area contributed by atoms with Crippen molar-refractivity contribution in [3.63, 3.8) is 0 Å². The van der Waals surface area contributed by atoms with Gasteiger partial charge in [-0.1, -0.05) is 12.1 Å². The molecule has 0 unspecified atom stereocenters. The highest BCUT2D eigenvalue weighted by molar-refractivity contribution is 6.01. The molecule has 1 amide bonds. The van der Waals surface area contributed by atoms with Crippen molar-refractivity contribution in [2.75, 3.05) is 12.1 Å². The minimum atomic E-state index is -0.396. The number of halogens is 1. The summed E-state index contributed by atoms with van der Waals surface area (Å²) in [4.78, 5) is 11.8. The van der Waals surface area contributed by atoms with Crippen molar-refractivity contribution in [1.82, 2.24) is 0 Å². The first-order valence-corrected chi connectivity index (χ1v) is 6.35. The first kappa shape index (κ1) is 13.2. The highest BCUT2D eigenvalue weighted by Gasteiger charge is 2.12. The molecule has 0 bridgehead atoms. The van der Waals surface area contributed by atoms with Crippen LogP contribution in [-0.4, -0.2) is 12.7 Å². The largest absolute Gasteiger partial charge is 0.454 e. The van der Waals surface area contributed by atoms with Crippen LogP contribution in [0.15, 0.2) is 48.5 Å². The number of rotatable bonds is 3. The summed E-state index contributed by atoms with van der Waals surface area (Å²) < 4.78 is 23.5. The van der Waals surface area contributed by atoms with Gasteiger partial charge < -0.3 is 14.8 Å². The van der Waals surface area contributed by atoms with Crippen LogP contribution in [0.2, 0.25) is 0 Å². The summed E-state index contributed by atoms with van der Waals surface area (Å²) in [6.45, 7) is 0.211. The van der Waals surface area contributed by atoms with Crippen molar-refractivity contribution in [2.45, 2.75) is 0 Å². The zero-order valence-electron chi connectivity index (χ0n) is 11.0. The predicted octanol–water partition coefficient (Wildman–Crippen LogP) is 3.21. The van der Waals surface area contributed by atoms with E-state index in [0.717, 1.165) is 5.56 Å². The van der Waals surface area contributed by atoms with Crippen LogP contribution in [0.5, 0.6) is 11.5 Å². The molecule has 2 aromatic carbocycles. The number of ether oxygens (including phenoxy) is 2. The van der Waals surface area contributed by atoms with Gasteiger partial charge >= 0.3 is 0 Å². The van der Waals surface area contributed by atoms with E-state index in [0.29, 0.717) is 17.2 Å². The number of nitrogens with one attached hydrogen (secondary N) is 1. The van der Waals surface area contributed by atoms with Crippen molar-refractivity contribution >= 4 is 17.7 Å². The van der Waals surface area contributed by atoms with Crippen LogP contribution in [0, 0.1) is 5.82 Å². The Morgan fingerprint density at radius 1 is 1.14 bits per heavy atom. The van der Waals surface area contributed by atoms with E-state index < -0.39 is 5.82 Å². The predicted molar refractivity (Wildman–Crippen MR) is 76.6 cm³/mol. The van der Waals surface area contributed by atoms with Crippen molar-refractivity contribution in [2.24, 2.45) is 0 Å². The lowest BCUT2D eigenvalue weighted by molar-refractivity contribution is -0.111. The molecule has 1 aliphatic heterocycles. The topological polar surface area (TPSA) is 47.6 Å². The van der Waals surface area contributed by atoms with Crippen LogP contribution in [0.4, 0.5) is 10.1 Å². The fourth-order valence-electron chi connectivity index (χ4n) is 1.94. The number of carbonyl (C=O) groups excluding carboxylic acids is 1. The lowest BCUT2D eigenvalue weighted by atomic mass is 10.2. The number of hydrogen-bond acceptors (Lipinski definition) is 3. The normalized spacial score (nSPS) is 12.6. The first-order chi connectivity index (χ1) is 10.2. The number of fused-ring (bicyclic) bond motifs is 1. The van der Waals surface area contributed by atoms with Gasteiger partial charge in [-0.25, -0.2) is 4.39 Å². The van der Waals surface area contributed by atoms with Crippen molar-refractivity contribution in [3.05, 3.63) is 59.9 Å². The zero-order chi connectivity index (χ0) is 14.7. The number of carbonyl (C=O) groups is 1. The Morgan fingerprint density at radius 3 is 2.86 bits per heavy atom. The number of benzene rings is 2. The smallest absolute Gasteiger partial charge is 0.248 e. The Hall–Kier alpha value is -2.82. The van der Waals surface area contributed by atoms with Gasteiger partial charge in [0.2, 0.25) is 12.7 Å². The van der Waals surface area contributed by atoms with Crippen LogP contribution in [-0.2, 0) is 4.79 Å².